The van der Waals surface area contributed by atoms with Crippen LogP contribution in [0.3, 0.4) is 0 Å². The Kier molecular flexibility index (Phi) is 5.02. The molecule has 1 aromatic carbocycles. The molecule has 0 saturated carbocycles. The Morgan fingerprint density at radius 1 is 1.12 bits per heavy atom. The van der Waals surface area contributed by atoms with Gasteiger partial charge in [0, 0.05) is 17.8 Å². The van der Waals surface area contributed by atoms with Gasteiger partial charge in [-0.05, 0) is 30.3 Å². The highest BCUT2D eigenvalue weighted by Crippen LogP contribution is 2.30. The van der Waals surface area contributed by atoms with E-state index in [9.17, 15) is 22.8 Å². The highest BCUT2D eigenvalue weighted by Gasteiger charge is 2.30. The lowest BCUT2D eigenvalue weighted by Crippen LogP contribution is -2.29. The van der Waals surface area contributed by atoms with Crippen molar-refractivity contribution in [2.75, 3.05) is 6.54 Å². The first-order chi connectivity index (χ1) is 11.3. The number of nitrogens with one attached hydrogen (secondary N) is 1. The lowest BCUT2D eigenvalue weighted by atomic mass is 10.2. The third-order valence-corrected chi connectivity index (χ3v) is 2.80. The lowest BCUT2D eigenvalue weighted by Gasteiger charge is -2.08. The first kappa shape index (κ1) is 17.3. The minimum absolute atomic E-state index is 0.0360. The molecule has 2 N–H and O–H groups in total. The van der Waals surface area contributed by atoms with Gasteiger partial charge in [-0.1, -0.05) is 0 Å². The largest absolute Gasteiger partial charge is 0.480 e. The molecule has 0 aliphatic rings. The van der Waals surface area contributed by atoms with Crippen molar-refractivity contribution in [1.82, 2.24) is 10.3 Å². The van der Waals surface area contributed by atoms with Crippen LogP contribution in [0.15, 0.2) is 42.6 Å². The fourth-order valence-corrected chi connectivity index (χ4v) is 1.66. The number of hydrogen-bond acceptors (Lipinski definition) is 4. The molecule has 0 atom stereocenters. The smallest absolute Gasteiger partial charge is 0.417 e. The number of nitrogens with zero attached hydrogens (tertiary/aromatic N) is 1. The van der Waals surface area contributed by atoms with Crippen LogP contribution < -0.4 is 10.1 Å². The van der Waals surface area contributed by atoms with E-state index in [1.165, 1.54) is 24.3 Å². The van der Waals surface area contributed by atoms with Crippen LogP contribution in [-0.2, 0) is 11.0 Å². The number of aliphatic carboxylic acids is 1. The van der Waals surface area contributed by atoms with Crippen LogP contribution in [0.4, 0.5) is 13.2 Å². The summed E-state index contributed by atoms with van der Waals surface area (Å²) in [6, 6.07) is 7.52. The first-order valence-corrected chi connectivity index (χ1v) is 6.57. The van der Waals surface area contributed by atoms with E-state index >= 15 is 0 Å². The molecule has 9 heteroatoms. The van der Waals surface area contributed by atoms with Gasteiger partial charge in [0.2, 0.25) is 5.88 Å². The average molecular weight is 340 g/mol. The van der Waals surface area contributed by atoms with E-state index in [-0.39, 0.29) is 17.2 Å². The van der Waals surface area contributed by atoms with E-state index in [0.717, 1.165) is 12.1 Å². The molecule has 126 valence electrons. The van der Waals surface area contributed by atoms with Crippen molar-refractivity contribution >= 4 is 11.9 Å². The second-order valence-corrected chi connectivity index (χ2v) is 4.59. The van der Waals surface area contributed by atoms with Crippen molar-refractivity contribution in [1.29, 1.82) is 0 Å². The van der Waals surface area contributed by atoms with Crippen molar-refractivity contribution in [3.05, 3.63) is 53.7 Å². The first-order valence-electron chi connectivity index (χ1n) is 6.57. The summed E-state index contributed by atoms with van der Waals surface area (Å²) in [5.74, 6) is -1.52. The molecule has 1 amide bonds. The van der Waals surface area contributed by atoms with Crippen LogP contribution in [0.1, 0.15) is 15.9 Å². The van der Waals surface area contributed by atoms with Crippen molar-refractivity contribution < 1.29 is 32.6 Å². The summed E-state index contributed by atoms with van der Waals surface area (Å²) in [7, 11) is 0. The summed E-state index contributed by atoms with van der Waals surface area (Å²) in [6.07, 6.45) is -3.82. The van der Waals surface area contributed by atoms with Gasteiger partial charge < -0.3 is 15.2 Å². The number of carboxylic acids is 1. The minimum Gasteiger partial charge on any atom is -0.480 e. The van der Waals surface area contributed by atoms with Gasteiger partial charge in [0.25, 0.3) is 5.91 Å². The van der Waals surface area contributed by atoms with Gasteiger partial charge in [0.05, 0.1) is 5.56 Å². The number of ether oxygens (including phenoxy) is 1. The summed E-state index contributed by atoms with van der Waals surface area (Å²) in [4.78, 5) is 25.5. The number of hydrogen-bond donors (Lipinski definition) is 2. The maximum Gasteiger partial charge on any atom is 0.417 e. The van der Waals surface area contributed by atoms with Crippen molar-refractivity contribution in [2.24, 2.45) is 0 Å². The minimum atomic E-state index is -4.48. The molecule has 0 saturated heterocycles. The van der Waals surface area contributed by atoms with E-state index in [1.54, 1.807) is 0 Å². The van der Waals surface area contributed by atoms with E-state index in [0.29, 0.717) is 6.20 Å². The number of carboxylic acid groups (broad SMARTS) is 1. The molecule has 2 rings (SSSR count). The number of aromatic nitrogens is 1. The third kappa shape index (κ3) is 4.70. The van der Waals surface area contributed by atoms with Gasteiger partial charge >= 0.3 is 12.1 Å². The Morgan fingerprint density at radius 2 is 1.79 bits per heavy atom. The highest BCUT2D eigenvalue weighted by atomic mass is 19.4. The number of carbonyl (C=O) groups is 2. The Labute approximate surface area is 133 Å². The van der Waals surface area contributed by atoms with Gasteiger partial charge in [0.15, 0.2) is 0 Å². The molecule has 1 heterocycles. The van der Waals surface area contributed by atoms with E-state index in [2.05, 4.69) is 10.3 Å². The number of carbonyl (C=O) groups excluding carboxylic acids is 1. The van der Waals surface area contributed by atoms with E-state index < -0.39 is 30.2 Å². The fourth-order valence-electron chi connectivity index (χ4n) is 1.66. The van der Waals surface area contributed by atoms with Crippen molar-refractivity contribution in [2.45, 2.75) is 6.18 Å². The zero-order valence-corrected chi connectivity index (χ0v) is 12.0. The van der Waals surface area contributed by atoms with Gasteiger partial charge in [-0.3, -0.25) is 9.59 Å². The Morgan fingerprint density at radius 3 is 2.29 bits per heavy atom. The Balaban J connectivity index is 2.01. The van der Waals surface area contributed by atoms with Crippen LogP contribution in [0.2, 0.25) is 0 Å². The Hall–Kier alpha value is -3.10. The maximum atomic E-state index is 12.4. The molecule has 2 aromatic rings. The number of pyridine rings is 1. The summed E-state index contributed by atoms with van der Waals surface area (Å²) >= 11 is 0. The lowest BCUT2D eigenvalue weighted by molar-refractivity contribution is -0.138. The SMILES string of the molecule is O=C(O)CNC(=O)c1ccc(Oc2ccc(C(F)(F)F)cn2)cc1. The van der Waals surface area contributed by atoms with Crippen molar-refractivity contribution in [3.63, 3.8) is 0 Å². The molecule has 24 heavy (non-hydrogen) atoms. The normalized spacial score (nSPS) is 11.0. The van der Waals surface area contributed by atoms with E-state index in [1.807, 2.05) is 0 Å². The second-order valence-electron chi connectivity index (χ2n) is 4.59. The van der Waals surface area contributed by atoms with Crippen LogP contribution in [0.25, 0.3) is 0 Å². The predicted octanol–water partition coefficient (Wildman–Crippen LogP) is 2.71. The average Bonchev–Trinajstić information content (AvgIpc) is 2.53. The van der Waals surface area contributed by atoms with Crippen LogP contribution in [0, 0.1) is 0 Å². The molecular formula is C15H11F3N2O4. The van der Waals surface area contributed by atoms with Gasteiger partial charge in [0.1, 0.15) is 12.3 Å². The number of benzene rings is 1. The Bertz CT molecular complexity index is 728. The van der Waals surface area contributed by atoms with Gasteiger partial charge in [-0.25, -0.2) is 4.98 Å². The molecule has 0 aliphatic carbocycles. The van der Waals surface area contributed by atoms with Crippen molar-refractivity contribution in [3.8, 4) is 11.6 Å². The summed E-state index contributed by atoms with van der Waals surface area (Å²) < 4.78 is 42.5. The van der Waals surface area contributed by atoms with Gasteiger partial charge in [-0.15, -0.1) is 0 Å². The molecular weight excluding hydrogens is 329 g/mol. The molecule has 0 aliphatic heterocycles. The fraction of sp³-hybridized carbons (Fsp3) is 0.133. The summed E-state index contributed by atoms with van der Waals surface area (Å²) in [6.45, 7) is -0.507. The van der Waals surface area contributed by atoms with E-state index in [4.69, 9.17) is 9.84 Å². The molecule has 0 radical (unpaired) electrons. The molecule has 1 aromatic heterocycles. The van der Waals surface area contributed by atoms with Gasteiger partial charge in [-0.2, -0.15) is 13.2 Å². The topological polar surface area (TPSA) is 88.5 Å². The summed E-state index contributed by atoms with van der Waals surface area (Å²) in [5, 5.41) is 10.7. The molecule has 6 nitrogen and oxygen atoms in total. The zero-order chi connectivity index (χ0) is 17.7. The maximum absolute atomic E-state index is 12.4. The second kappa shape index (κ2) is 6.99. The number of alkyl halides is 3. The molecule has 0 spiro atoms. The standard InChI is InChI=1S/C15H11F3N2O4/c16-15(17,18)10-3-6-12(19-7-10)24-11-4-1-9(2-5-11)14(23)20-8-13(21)22/h1-7H,8H2,(H,20,23)(H,21,22). The highest BCUT2D eigenvalue weighted by molar-refractivity contribution is 5.95. The summed E-state index contributed by atoms with van der Waals surface area (Å²) in [5.41, 5.74) is -0.677. The monoisotopic (exact) mass is 340 g/mol. The number of halogens is 3. The predicted molar refractivity (Wildman–Crippen MR) is 75.7 cm³/mol. The quantitative estimate of drug-likeness (QED) is 0.874. The van der Waals surface area contributed by atoms with Crippen LogP contribution in [0.5, 0.6) is 11.6 Å². The number of rotatable bonds is 5. The molecule has 0 unspecified atom stereocenters. The third-order valence-electron chi connectivity index (χ3n) is 2.80. The van der Waals surface area contributed by atoms with Crippen LogP contribution in [-0.4, -0.2) is 28.5 Å². The number of amides is 1. The molecule has 0 bridgehead atoms. The van der Waals surface area contributed by atoms with Crippen LogP contribution >= 0.6 is 0 Å². The zero-order valence-electron chi connectivity index (χ0n) is 12.0. The molecule has 0 fully saturated rings.